The molecule has 0 aliphatic rings. The van der Waals surface area contributed by atoms with E-state index in [-0.39, 0.29) is 6.04 Å². The second-order valence-corrected chi connectivity index (χ2v) is 5.83. The van der Waals surface area contributed by atoms with Gasteiger partial charge in [0.05, 0.1) is 0 Å². The van der Waals surface area contributed by atoms with Gasteiger partial charge in [-0.3, -0.25) is 0 Å². The van der Waals surface area contributed by atoms with Crippen LogP contribution in [0.15, 0.2) is 36.4 Å². The SMILES string of the molecule is C[C@@H](NCc1ccc(C(=O)O)s1)c1ccc(Cl)cc1. The molecule has 1 heterocycles. The van der Waals surface area contributed by atoms with E-state index in [0.717, 1.165) is 15.5 Å². The predicted octanol–water partition coefficient (Wildman–Crippen LogP) is 3.95. The van der Waals surface area contributed by atoms with Crippen LogP contribution in [0.25, 0.3) is 0 Å². The Morgan fingerprint density at radius 2 is 2.00 bits per heavy atom. The summed E-state index contributed by atoms with van der Waals surface area (Å²) in [6.07, 6.45) is 0. The van der Waals surface area contributed by atoms with E-state index in [9.17, 15) is 4.79 Å². The molecule has 0 bridgehead atoms. The molecule has 2 aromatic rings. The zero-order valence-electron chi connectivity index (χ0n) is 10.4. The van der Waals surface area contributed by atoms with Crippen LogP contribution in [0.3, 0.4) is 0 Å². The van der Waals surface area contributed by atoms with Crippen LogP contribution in [0, 0.1) is 0 Å². The lowest BCUT2D eigenvalue weighted by atomic mass is 10.1. The molecule has 2 N–H and O–H groups in total. The maximum absolute atomic E-state index is 10.8. The molecule has 100 valence electrons. The van der Waals surface area contributed by atoms with Crippen molar-refractivity contribution in [2.24, 2.45) is 0 Å². The van der Waals surface area contributed by atoms with Crippen LogP contribution < -0.4 is 5.32 Å². The first-order valence-electron chi connectivity index (χ1n) is 5.87. The lowest BCUT2D eigenvalue weighted by Gasteiger charge is -2.13. The zero-order chi connectivity index (χ0) is 13.8. The third-order valence-electron chi connectivity index (χ3n) is 2.82. The molecule has 0 aliphatic heterocycles. The van der Waals surface area contributed by atoms with Crippen LogP contribution in [0.5, 0.6) is 0 Å². The van der Waals surface area contributed by atoms with Gasteiger partial charge in [-0.2, -0.15) is 0 Å². The number of carbonyl (C=O) groups is 1. The molecule has 1 aromatic carbocycles. The Morgan fingerprint density at radius 1 is 1.32 bits per heavy atom. The largest absolute Gasteiger partial charge is 0.477 e. The Bertz CT molecular complexity index is 565. The van der Waals surface area contributed by atoms with E-state index in [1.807, 2.05) is 30.3 Å². The molecule has 3 nitrogen and oxygen atoms in total. The van der Waals surface area contributed by atoms with Crippen molar-refractivity contribution >= 4 is 28.9 Å². The fourth-order valence-corrected chi connectivity index (χ4v) is 2.63. The van der Waals surface area contributed by atoms with Gasteiger partial charge in [0, 0.05) is 22.5 Å². The van der Waals surface area contributed by atoms with E-state index in [4.69, 9.17) is 16.7 Å². The van der Waals surface area contributed by atoms with E-state index in [1.54, 1.807) is 6.07 Å². The maximum atomic E-state index is 10.8. The highest BCUT2D eigenvalue weighted by atomic mass is 35.5. The van der Waals surface area contributed by atoms with Gasteiger partial charge in [-0.25, -0.2) is 4.79 Å². The van der Waals surface area contributed by atoms with Crippen molar-refractivity contribution in [3.63, 3.8) is 0 Å². The molecule has 0 saturated carbocycles. The Morgan fingerprint density at radius 3 is 2.58 bits per heavy atom. The van der Waals surface area contributed by atoms with Crippen molar-refractivity contribution in [1.29, 1.82) is 0 Å². The molecule has 2 rings (SSSR count). The van der Waals surface area contributed by atoms with E-state index in [1.165, 1.54) is 11.3 Å². The number of hydrogen-bond acceptors (Lipinski definition) is 3. The van der Waals surface area contributed by atoms with Crippen molar-refractivity contribution < 1.29 is 9.90 Å². The molecule has 1 atom stereocenters. The normalized spacial score (nSPS) is 12.3. The van der Waals surface area contributed by atoms with Gasteiger partial charge in [0.25, 0.3) is 0 Å². The number of hydrogen-bond donors (Lipinski definition) is 2. The summed E-state index contributed by atoms with van der Waals surface area (Å²) in [5.74, 6) is -0.873. The minimum atomic E-state index is -0.873. The van der Waals surface area contributed by atoms with Crippen LogP contribution in [-0.4, -0.2) is 11.1 Å². The first kappa shape index (κ1) is 14.1. The van der Waals surface area contributed by atoms with Crippen LogP contribution >= 0.6 is 22.9 Å². The van der Waals surface area contributed by atoms with Gasteiger partial charge in [-0.1, -0.05) is 23.7 Å². The maximum Gasteiger partial charge on any atom is 0.345 e. The number of rotatable bonds is 5. The quantitative estimate of drug-likeness (QED) is 0.878. The van der Waals surface area contributed by atoms with E-state index >= 15 is 0 Å². The zero-order valence-corrected chi connectivity index (χ0v) is 12.0. The number of carboxylic acid groups (broad SMARTS) is 1. The van der Waals surface area contributed by atoms with Crippen molar-refractivity contribution in [3.8, 4) is 0 Å². The van der Waals surface area contributed by atoms with Gasteiger partial charge in [0.1, 0.15) is 4.88 Å². The highest BCUT2D eigenvalue weighted by Crippen LogP contribution is 2.19. The fourth-order valence-electron chi connectivity index (χ4n) is 1.71. The summed E-state index contributed by atoms with van der Waals surface area (Å²) in [4.78, 5) is 12.2. The molecule has 5 heteroatoms. The summed E-state index contributed by atoms with van der Waals surface area (Å²) in [7, 11) is 0. The average Bonchev–Trinajstić information content (AvgIpc) is 2.86. The molecule has 19 heavy (non-hydrogen) atoms. The molecular formula is C14H14ClNO2S. The topological polar surface area (TPSA) is 49.3 Å². The third-order valence-corrected chi connectivity index (χ3v) is 4.15. The van der Waals surface area contributed by atoms with Crippen molar-refractivity contribution in [3.05, 3.63) is 56.7 Å². The summed E-state index contributed by atoms with van der Waals surface area (Å²) in [6, 6.07) is 11.4. The molecule has 0 fully saturated rings. The summed E-state index contributed by atoms with van der Waals surface area (Å²) in [5, 5.41) is 12.9. The van der Waals surface area contributed by atoms with E-state index < -0.39 is 5.97 Å². The lowest BCUT2D eigenvalue weighted by molar-refractivity contribution is 0.0702. The van der Waals surface area contributed by atoms with E-state index in [0.29, 0.717) is 11.4 Å². The van der Waals surface area contributed by atoms with Gasteiger partial charge in [-0.05, 0) is 36.8 Å². The van der Waals surface area contributed by atoms with Crippen molar-refractivity contribution in [2.75, 3.05) is 0 Å². The first-order valence-corrected chi connectivity index (χ1v) is 7.06. The van der Waals surface area contributed by atoms with E-state index in [2.05, 4.69) is 12.2 Å². The number of thiophene rings is 1. The lowest BCUT2D eigenvalue weighted by Crippen LogP contribution is -2.17. The molecule has 0 saturated heterocycles. The van der Waals surface area contributed by atoms with Crippen LogP contribution in [0.1, 0.15) is 33.1 Å². The van der Waals surface area contributed by atoms with Gasteiger partial charge < -0.3 is 10.4 Å². The molecule has 1 aromatic heterocycles. The van der Waals surface area contributed by atoms with Crippen LogP contribution in [-0.2, 0) is 6.54 Å². The van der Waals surface area contributed by atoms with Crippen LogP contribution in [0.2, 0.25) is 5.02 Å². The molecule has 0 aliphatic carbocycles. The number of nitrogens with one attached hydrogen (secondary N) is 1. The summed E-state index contributed by atoms with van der Waals surface area (Å²) in [5.41, 5.74) is 1.15. The number of benzene rings is 1. The molecule has 0 unspecified atom stereocenters. The highest BCUT2D eigenvalue weighted by molar-refractivity contribution is 7.13. The molecule has 0 spiro atoms. The fraction of sp³-hybridized carbons (Fsp3) is 0.214. The van der Waals surface area contributed by atoms with Gasteiger partial charge in [0.2, 0.25) is 0 Å². The average molecular weight is 296 g/mol. The minimum Gasteiger partial charge on any atom is -0.477 e. The number of halogens is 1. The Kier molecular flexibility index (Phi) is 4.58. The second-order valence-electron chi connectivity index (χ2n) is 4.23. The number of carboxylic acids is 1. The van der Waals surface area contributed by atoms with Crippen molar-refractivity contribution in [1.82, 2.24) is 5.32 Å². The predicted molar refractivity (Wildman–Crippen MR) is 78.0 cm³/mol. The third kappa shape index (κ3) is 3.80. The second kappa shape index (κ2) is 6.19. The molecular weight excluding hydrogens is 282 g/mol. The van der Waals surface area contributed by atoms with Gasteiger partial charge in [0.15, 0.2) is 0 Å². The number of aromatic carboxylic acids is 1. The van der Waals surface area contributed by atoms with Gasteiger partial charge >= 0.3 is 5.97 Å². The standard InChI is InChI=1S/C14H14ClNO2S/c1-9(10-2-4-11(15)5-3-10)16-8-12-6-7-13(19-12)14(17)18/h2-7,9,16H,8H2,1H3,(H,17,18)/t9-/m1/s1. The summed E-state index contributed by atoms with van der Waals surface area (Å²) in [6.45, 7) is 2.72. The Labute approximate surface area is 120 Å². The smallest absolute Gasteiger partial charge is 0.345 e. The summed E-state index contributed by atoms with van der Waals surface area (Å²) >= 11 is 7.14. The van der Waals surface area contributed by atoms with Crippen LogP contribution in [0.4, 0.5) is 0 Å². The monoisotopic (exact) mass is 295 g/mol. The van der Waals surface area contributed by atoms with Gasteiger partial charge in [-0.15, -0.1) is 11.3 Å². The minimum absolute atomic E-state index is 0.188. The summed E-state index contributed by atoms with van der Waals surface area (Å²) < 4.78 is 0. The molecule has 0 amide bonds. The Hall–Kier alpha value is -1.36. The Balaban J connectivity index is 1.94. The van der Waals surface area contributed by atoms with Crippen molar-refractivity contribution in [2.45, 2.75) is 19.5 Å². The first-order chi connectivity index (χ1) is 9.06. The molecule has 0 radical (unpaired) electrons. The highest BCUT2D eigenvalue weighted by Gasteiger charge is 2.09.